The van der Waals surface area contributed by atoms with Gasteiger partial charge in [0.1, 0.15) is 17.7 Å². The van der Waals surface area contributed by atoms with Gasteiger partial charge in [0.2, 0.25) is 0 Å². The number of nitrogens with one attached hydrogen (secondary N) is 1. The first kappa shape index (κ1) is 22.6. The van der Waals surface area contributed by atoms with Crippen LogP contribution in [0.5, 0.6) is 0 Å². The molecule has 0 aliphatic heterocycles. The monoisotopic (exact) mass is 487 g/mol. The molecule has 0 fully saturated rings. The number of imidazole rings is 1. The minimum atomic E-state index is -0.0864. The highest BCUT2D eigenvalue weighted by molar-refractivity contribution is 5.83. The molecular weight excluding hydrogens is 462 g/mol. The molecule has 0 saturated heterocycles. The molecular formula is C29H25N7O. The van der Waals surface area contributed by atoms with Crippen molar-refractivity contribution in [2.45, 2.75) is 26.9 Å². The minimum Gasteiger partial charge on any atom is -0.364 e. The molecule has 182 valence electrons. The Morgan fingerprint density at radius 2 is 1.62 bits per heavy atom. The maximum absolute atomic E-state index is 13.9. The van der Waals surface area contributed by atoms with Crippen molar-refractivity contribution in [2.24, 2.45) is 0 Å². The lowest BCUT2D eigenvalue weighted by molar-refractivity contribution is 0.716. The van der Waals surface area contributed by atoms with E-state index in [1.54, 1.807) is 10.9 Å². The summed E-state index contributed by atoms with van der Waals surface area (Å²) in [4.78, 5) is 32.3. The van der Waals surface area contributed by atoms with E-state index in [1.165, 1.54) is 6.33 Å². The third-order valence-electron chi connectivity index (χ3n) is 6.55. The zero-order valence-electron chi connectivity index (χ0n) is 20.6. The van der Waals surface area contributed by atoms with Crippen molar-refractivity contribution in [2.75, 3.05) is 5.32 Å². The number of hydrogen-bond acceptors (Lipinski definition) is 6. The molecule has 0 spiro atoms. The van der Waals surface area contributed by atoms with Gasteiger partial charge in [-0.2, -0.15) is 0 Å². The second-order valence-electron chi connectivity index (χ2n) is 9.03. The first-order valence-electron chi connectivity index (χ1n) is 12.1. The average molecular weight is 488 g/mol. The molecule has 3 aromatic carbocycles. The van der Waals surface area contributed by atoms with E-state index in [1.807, 2.05) is 79.1 Å². The second-order valence-corrected chi connectivity index (χ2v) is 9.03. The maximum Gasteiger partial charge on any atom is 0.266 e. The molecule has 0 unspecified atom stereocenters. The highest BCUT2D eigenvalue weighted by Crippen LogP contribution is 2.22. The molecule has 0 aliphatic carbocycles. The molecule has 0 radical (unpaired) electrons. The van der Waals surface area contributed by atoms with E-state index in [2.05, 4.69) is 32.4 Å². The molecule has 3 aromatic heterocycles. The molecule has 8 heteroatoms. The lowest BCUT2D eigenvalue weighted by atomic mass is 10.1. The number of nitrogens with zero attached hydrogens (tertiary/aromatic N) is 6. The molecule has 0 atom stereocenters. The highest BCUT2D eigenvalue weighted by atomic mass is 16.1. The highest BCUT2D eigenvalue weighted by Gasteiger charge is 2.18. The molecule has 0 bridgehead atoms. The number of hydrogen-bond donors (Lipinski definition) is 1. The predicted molar refractivity (Wildman–Crippen MR) is 145 cm³/mol. The molecule has 37 heavy (non-hydrogen) atoms. The van der Waals surface area contributed by atoms with Gasteiger partial charge in [0.25, 0.3) is 5.56 Å². The van der Waals surface area contributed by atoms with Crippen molar-refractivity contribution in [1.82, 2.24) is 29.1 Å². The van der Waals surface area contributed by atoms with Crippen molar-refractivity contribution in [3.05, 3.63) is 118 Å². The fourth-order valence-electron chi connectivity index (χ4n) is 4.67. The van der Waals surface area contributed by atoms with E-state index < -0.39 is 0 Å². The molecule has 8 nitrogen and oxygen atoms in total. The molecule has 0 saturated carbocycles. The Morgan fingerprint density at radius 3 is 2.46 bits per heavy atom. The summed E-state index contributed by atoms with van der Waals surface area (Å²) in [5.74, 6) is 1.26. The van der Waals surface area contributed by atoms with Gasteiger partial charge < -0.3 is 9.88 Å². The number of anilines is 1. The van der Waals surface area contributed by atoms with E-state index in [-0.39, 0.29) is 5.56 Å². The quantitative estimate of drug-likeness (QED) is 0.363. The topological polar surface area (TPSA) is 90.5 Å². The van der Waals surface area contributed by atoms with Crippen molar-refractivity contribution < 1.29 is 0 Å². The number of aromatic nitrogens is 6. The number of para-hydroxylation sites is 1. The zero-order chi connectivity index (χ0) is 25.4. The average Bonchev–Trinajstić information content (AvgIpc) is 3.32. The zero-order valence-corrected chi connectivity index (χ0v) is 20.6. The van der Waals surface area contributed by atoms with Crippen LogP contribution < -0.4 is 10.9 Å². The van der Waals surface area contributed by atoms with Crippen LogP contribution in [0.25, 0.3) is 27.8 Å². The van der Waals surface area contributed by atoms with Gasteiger partial charge in [-0.1, -0.05) is 60.7 Å². The number of aryl methyl sites for hydroxylation is 2. The third kappa shape index (κ3) is 4.12. The third-order valence-corrected chi connectivity index (χ3v) is 6.55. The van der Waals surface area contributed by atoms with Gasteiger partial charge in [-0.05, 0) is 42.7 Å². The smallest absolute Gasteiger partial charge is 0.266 e. The summed E-state index contributed by atoms with van der Waals surface area (Å²) < 4.78 is 3.62. The molecule has 1 N–H and O–H groups in total. The summed E-state index contributed by atoms with van der Waals surface area (Å²) in [5.41, 5.74) is 5.77. The molecule has 6 rings (SSSR count). The fraction of sp³-hybridized carbons (Fsp3) is 0.138. The van der Waals surface area contributed by atoms with Gasteiger partial charge in [-0.15, -0.1) is 0 Å². The van der Waals surface area contributed by atoms with Gasteiger partial charge in [0.05, 0.1) is 29.5 Å². The summed E-state index contributed by atoms with van der Waals surface area (Å²) in [7, 11) is 0. The Hall–Kier alpha value is -4.85. The molecule has 6 aromatic rings. The van der Waals surface area contributed by atoms with Crippen molar-refractivity contribution >= 4 is 27.9 Å². The van der Waals surface area contributed by atoms with Gasteiger partial charge >= 0.3 is 0 Å². The summed E-state index contributed by atoms with van der Waals surface area (Å²) in [6, 6.07) is 23.7. The molecule has 0 amide bonds. The summed E-state index contributed by atoms with van der Waals surface area (Å²) >= 11 is 0. The minimum absolute atomic E-state index is 0.0864. The molecule has 0 aliphatic rings. The van der Waals surface area contributed by atoms with Gasteiger partial charge in [0.15, 0.2) is 11.5 Å². The van der Waals surface area contributed by atoms with Crippen LogP contribution >= 0.6 is 0 Å². The van der Waals surface area contributed by atoms with Crippen LogP contribution in [0.15, 0.2) is 90.2 Å². The van der Waals surface area contributed by atoms with E-state index in [0.29, 0.717) is 46.8 Å². The van der Waals surface area contributed by atoms with Crippen LogP contribution in [0.3, 0.4) is 0 Å². The summed E-state index contributed by atoms with van der Waals surface area (Å²) in [5, 5.41) is 3.99. The number of rotatable bonds is 6. The van der Waals surface area contributed by atoms with Crippen molar-refractivity contribution in [1.29, 1.82) is 0 Å². The Morgan fingerprint density at radius 1 is 0.838 bits per heavy atom. The van der Waals surface area contributed by atoms with Crippen LogP contribution in [-0.4, -0.2) is 29.1 Å². The van der Waals surface area contributed by atoms with Crippen LogP contribution in [0.4, 0.5) is 5.82 Å². The van der Waals surface area contributed by atoms with Crippen LogP contribution in [0.2, 0.25) is 0 Å². The first-order valence-corrected chi connectivity index (χ1v) is 12.1. The van der Waals surface area contributed by atoms with Gasteiger partial charge in [-0.25, -0.2) is 19.9 Å². The molecule has 3 heterocycles. The van der Waals surface area contributed by atoms with E-state index >= 15 is 0 Å². The Labute approximate surface area is 213 Å². The lowest BCUT2D eigenvalue weighted by Crippen LogP contribution is -2.26. The van der Waals surface area contributed by atoms with Gasteiger partial charge in [-0.3, -0.25) is 9.36 Å². The fourth-order valence-corrected chi connectivity index (χ4v) is 4.67. The second kappa shape index (κ2) is 9.31. The Bertz CT molecular complexity index is 1810. The Balaban J connectivity index is 1.45. The van der Waals surface area contributed by atoms with Gasteiger partial charge in [0, 0.05) is 6.54 Å². The van der Waals surface area contributed by atoms with E-state index in [9.17, 15) is 4.79 Å². The van der Waals surface area contributed by atoms with E-state index in [4.69, 9.17) is 4.98 Å². The standard InChI is InChI=1S/C29H25N7O/c1-19-9-6-7-14-23(19)36-24(34-22-13-8-10-20(2)25(22)29(36)37)16-35-18-33-26-27(31-17-32-28(26)35)30-15-21-11-4-3-5-12-21/h3-14,17-18H,15-16H2,1-2H3,(H,30,31,32). The summed E-state index contributed by atoms with van der Waals surface area (Å²) in [6.07, 6.45) is 3.25. The number of benzene rings is 3. The predicted octanol–water partition coefficient (Wildman–Crippen LogP) is 4.80. The van der Waals surface area contributed by atoms with Crippen molar-refractivity contribution in [3.8, 4) is 5.69 Å². The van der Waals surface area contributed by atoms with Crippen molar-refractivity contribution in [3.63, 3.8) is 0 Å². The largest absolute Gasteiger partial charge is 0.364 e. The van der Waals surface area contributed by atoms with E-state index in [0.717, 1.165) is 22.4 Å². The maximum atomic E-state index is 13.9. The lowest BCUT2D eigenvalue weighted by Gasteiger charge is -2.16. The Kier molecular flexibility index (Phi) is 5.69. The number of fused-ring (bicyclic) bond motifs is 2. The summed E-state index contributed by atoms with van der Waals surface area (Å²) in [6.45, 7) is 4.88. The first-order chi connectivity index (χ1) is 18.1. The normalized spacial score (nSPS) is 11.3. The van der Waals surface area contributed by atoms with Crippen LogP contribution in [-0.2, 0) is 13.1 Å². The SMILES string of the molecule is Cc1ccccc1-n1c(Cn2cnc3c(NCc4ccccc4)ncnc32)nc2cccc(C)c2c1=O. The van der Waals surface area contributed by atoms with Crippen LogP contribution in [0, 0.1) is 13.8 Å². The van der Waals surface area contributed by atoms with Crippen LogP contribution in [0.1, 0.15) is 22.5 Å².